The number of nitrogens with one attached hydrogen (secondary N) is 1. The summed E-state index contributed by atoms with van der Waals surface area (Å²) < 4.78 is 84.5. The largest absolute Gasteiger partial charge is 0.437 e. The molecule has 0 fully saturated rings. The number of carbonyl (C=O) groups is 1. The number of fused-ring (bicyclic) bond motifs is 1. The van der Waals surface area contributed by atoms with Crippen LogP contribution in [0.25, 0.3) is 22.4 Å². The number of halogens is 4. The van der Waals surface area contributed by atoms with Crippen LogP contribution in [0.2, 0.25) is 0 Å². The van der Waals surface area contributed by atoms with Crippen LogP contribution in [0.4, 0.5) is 23.4 Å². The molecule has 0 aliphatic carbocycles. The summed E-state index contributed by atoms with van der Waals surface area (Å²) in [6.07, 6.45) is -3.89. The third kappa shape index (κ3) is 4.27. The van der Waals surface area contributed by atoms with Gasteiger partial charge in [-0.3, -0.25) is 9.10 Å². The average Bonchev–Trinajstić information content (AvgIpc) is 3.08. The van der Waals surface area contributed by atoms with Crippen molar-refractivity contribution in [1.82, 2.24) is 10.3 Å². The lowest BCUT2D eigenvalue weighted by Gasteiger charge is -2.23. The van der Waals surface area contributed by atoms with Gasteiger partial charge in [0, 0.05) is 25.2 Å². The lowest BCUT2D eigenvalue weighted by molar-refractivity contribution is -0.146. The molecule has 0 aliphatic rings. The van der Waals surface area contributed by atoms with Crippen LogP contribution in [0.3, 0.4) is 0 Å². The quantitative estimate of drug-likeness (QED) is 0.565. The molecule has 172 valence electrons. The molecule has 1 N–H and O–H groups in total. The first kappa shape index (κ1) is 23.5. The molecule has 7 nitrogen and oxygen atoms in total. The Kier molecular flexibility index (Phi) is 5.94. The smallest absolute Gasteiger partial charge is 0.395 e. The Hall–Kier alpha value is -3.15. The van der Waals surface area contributed by atoms with Crippen molar-refractivity contribution in [2.75, 3.05) is 24.7 Å². The summed E-state index contributed by atoms with van der Waals surface area (Å²) in [5.74, 6) is -3.83. The van der Waals surface area contributed by atoms with E-state index in [0.29, 0.717) is 4.31 Å². The summed E-state index contributed by atoms with van der Waals surface area (Å²) >= 11 is 0. The second-order valence-corrected chi connectivity index (χ2v) is 9.15. The number of anilines is 1. The number of rotatable bonds is 5. The number of alkyl halides is 3. The fourth-order valence-corrected chi connectivity index (χ4v) is 3.55. The van der Waals surface area contributed by atoms with Crippen molar-refractivity contribution < 1.29 is 35.2 Å². The first-order valence-electron chi connectivity index (χ1n) is 9.21. The van der Waals surface area contributed by atoms with E-state index < -0.39 is 45.2 Å². The van der Waals surface area contributed by atoms with Crippen LogP contribution in [0.5, 0.6) is 0 Å². The van der Waals surface area contributed by atoms with Gasteiger partial charge in [0.2, 0.25) is 15.7 Å². The number of sulfonamides is 1. The highest BCUT2D eigenvalue weighted by molar-refractivity contribution is 7.92. The maximum Gasteiger partial charge on any atom is 0.395 e. The molecule has 2 aromatic heterocycles. The number of aromatic nitrogens is 1. The Labute approximate surface area is 181 Å². The van der Waals surface area contributed by atoms with Crippen LogP contribution in [0.1, 0.15) is 28.8 Å². The van der Waals surface area contributed by atoms with Gasteiger partial charge >= 0.3 is 6.18 Å². The Balaban J connectivity index is 2.41. The second-order valence-electron chi connectivity index (χ2n) is 7.14. The zero-order valence-corrected chi connectivity index (χ0v) is 18.2. The fraction of sp³-hybridized carbons (Fsp3) is 0.300. The molecule has 3 rings (SSSR count). The Morgan fingerprint density at radius 3 is 2.31 bits per heavy atom. The van der Waals surface area contributed by atoms with Crippen LogP contribution >= 0.6 is 0 Å². The Morgan fingerprint density at radius 1 is 1.22 bits per heavy atom. The fourth-order valence-electron chi connectivity index (χ4n) is 3.09. The Morgan fingerprint density at radius 2 is 1.81 bits per heavy atom. The van der Waals surface area contributed by atoms with Crippen molar-refractivity contribution in [3.8, 4) is 11.3 Å². The molecule has 0 saturated carbocycles. The molecule has 1 amide bonds. The minimum atomic E-state index is -4.71. The highest BCUT2D eigenvalue weighted by Crippen LogP contribution is 2.42. The third-order valence-corrected chi connectivity index (χ3v) is 6.17. The van der Waals surface area contributed by atoms with Gasteiger partial charge in [-0.25, -0.2) is 12.8 Å². The van der Waals surface area contributed by atoms with Gasteiger partial charge in [0.25, 0.3) is 5.91 Å². The molecule has 0 spiro atoms. The SMILES string of the molecule is CNC(=O)c1c(-c2ccc(F)cc2)oc2nc(N(C)S(C)(=O)=O)c(C(C)C(F)(F)F)cc12. The third-order valence-electron chi connectivity index (χ3n) is 5.00. The van der Waals surface area contributed by atoms with Gasteiger partial charge in [-0.15, -0.1) is 0 Å². The lowest BCUT2D eigenvalue weighted by atomic mass is 9.98. The number of furan rings is 1. The van der Waals surface area contributed by atoms with Crippen molar-refractivity contribution in [2.45, 2.75) is 19.0 Å². The number of hydrogen-bond donors (Lipinski definition) is 1. The second kappa shape index (κ2) is 8.08. The summed E-state index contributed by atoms with van der Waals surface area (Å²) in [6.45, 7) is 0.864. The molecule has 1 aromatic carbocycles. The normalized spacial score (nSPS) is 13.2. The molecule has 3 aromatic rings. The molecular weight excluding hydrogens is 454 g/mol. The summed E-state index contributed by atoms with van der Waals surface area (Å²) in [7, 11) is -1.57. The zero-order chi connectivity index (χ0) is 24.0. The molecule has 0 radical (unpaired) electrons. The molecular formula is C20H19F4N3O4S. The van der Waals surface area contributed by atoms with Gasteiger partial charge in [-0.2, -0.15) is 18.2 Å². The lowest BCUT2D eigenvalue weighted by Crippen LogP contribution is -2.29. The van der Waals surface area contributed by atoms with E-state index in [9.17, 15) is 30.8 Å². The van der Waals surface area contributed by atoms with E-state index in [0.717, 1.165) is 38.4 Å². The molecule has 32 heavy (non-hydrogen) atoms. The van der Waals surface area contributed by atoms with Crippen molar-refractivity contribution in [3.05, 3.63) is 47.3 Å². The maximum atomic E-state index is 13.6. The molecule has 1 unspecified atom stereocenters. The van der Waals surface area contributed by atoms with E-state index in [-0.39, 0.29) is 28.0 Å². The van der Waals surface area contributed by atoms with Crippen molar-refractivity contribution >= 4 is 32.8 Å². The van der Waals surface area contributed by atoms with Crippen LogP contribution in [0, 0.1) is 5.82 Å². The van der Waals surface area contributed by atoms with Crippen molar-refractivity contribution in [2.24, 2.45) is 0 Å². The Bertz CT molecular complexity index is 1280. The number of nitrogens with zero attached hydrogens (tertiary/aromatic N) is 2. The number of pyridine rings is 1. The number of hydrogen-bond acceptors (Lipinski definition) is 5. The molecule has 0 aliphatic heterocycles. The first-order valence-corrected chi connectivity index (χ1v) is 11.1. The maximum absolute atomic E-state index is 13.6. The number of benzene rings is 1. The molecule has 0 bridgehead atoms. The van der Waals surface area contributed by atoms with Crippen LogP contribution in [-0.2, 0) is 10.0 Å². The van der Waals surface area contributed by atoms with Gasteiger partial charge in [0.05, 0.1) is 23.1 Å². The van der Waals surface area contributed by atoms with Gasteiger partial charge < -0.3 is 9.73 Å². The summed E-state index contributed by atoms with van der Waals surface area (Å²) in [4.78, 5) is 16.6. The predicted octanol–water partition coefficient (Wildman–Crippen LogP) is 4.06. The number of carbonyl (C=O) groups excluding carboxylic acids is 1. The minimum Gasteiger partial charge on any atom is -0.437 e. The summed E-state index contributed by atoms with van der Waals surface area (Å²) in [6, 6.07) is 5.98. The van der Waals surface area contributed by atoms with E-state index in [2.05, 4.69) is 10.3 Å². The molecule has 12 heteroatoms. The van der Waals surface area contributed by atoms with Gasteiger partial charge in [0.1, 0.15) is 17.4 Å². The van der Waals surface area contributed by atoms with E-state index in [4.69, 9.17) is 4.42 Å². The highest BCUT2D eigenvalue weighted by atomic mass is 32.2. The monoisotopic (exact) mass is 473 g/mol. The van der Waals surface area contributed by atoms with E-state index in [1.54, 1.807) is 0 Å². The van der Waals surface area contributed by atoms with Gasteiger partial charge in [-0.1, -0.05) is 0 Å². The first-order chi connectivity index (χ1) is 14.8. The van der Waals surface area contributed by atoms with Crippen molar-refractivity contribution in [1.29, 1.82) is 0 Å². The van der Waals surface area contributed by atoms with Crippen LogP contribution in [-0.4, -0.2) is 45.8 Å². The van der Waals surface area contributed by atoms with Crippen LogP contribution in [0.15, 0.2) is 34.7 Å². The van der Waals surface area contributed by atoms with Crippen LogP contribution < -0.4 is 9.62 Å². The topological polar surface area (TPSA) is 92.5 Å². The molecule has 0 saturated heterocycles. The average molecular weight is 473 g/mol. The summed E-state index contributed by atoms with van der Waals surface area (Å²) in [5.41, 5.74) is -0.515. The van der Waals surface area contributed by atoms with Gasteiger partial charge in [0.15, 0.2) is 0 Å². The van der Waals surface area contributed by atoms with E-state index in [1.807, 2.05) is 0 Å². The van der Waals surface area contributed by atoms with Crippen molar-refractivity contribution in [3.63, 3.8) is 0 Å². The molecule has 2 heterocycles. The predicted molar refractivity (Wildman–Crippen MR) is 111 cm³/mol. The zero-order valence-electron chi connectivity index (χ0n) is 17.4. The number of amides is 1. The minimum absolute atomic E-state index is 0.0413. The van der Waals surface area contributed by atoms with E-state index >= 15 is 0 Å². The van der Waals surface area contributed by atoms with E-state index in [1.165, 1.54) is 19.2 Å². The summed E-state index contributed by atoms with van der Waals surface area (Å²) in [5, 5.41) is 2.35. The molecule has 1 atom stereocenters. The van der Waals surface area contributed by atoms with Gasteiger partial charge in [-0.05, 0) is 37.3 Å². The highest BCUT2D eigenvalue weighted by Gasteiger charge is 2.40. The standard InChI is InChI=1S/C20H19F4N3O4S/c1-10(20(22,23)24)13-9-14-15(18(28)25-2)16(11-5-7-12(21)8-6-11)31-19(14)26-17(13)27(3)32(4,29)30/h5-10H,1-4H3,(H,25,28).